The molecule has 2 rings (SSSR count). The second-order valence-electron chi connectivity index (χ2n) is 7.96. The van der Waals surface area contributed by atoms with Crippen molar-refractivity contribution in [3.05, 3.63) is 0 Å². The smallest absolute Gasteiger partial charge is 0.0672 e. The minimum Gasteiger partial charge on any atom is -0.299 e. The molecule has 0 aromatic rings. The fraction of sp³-hybridized carbons (Fsp3) is 0.947. The standard InChI is InChI=1S/C19H34N2/c1-4-19(2,3)17-11-10-16(15-20)18(14-17)21-12-8-6-5-7-9-13-21/h16-18H,4-14H2,1-3H3. The molecule has 0 amide bonds. The van der Waals surface area contributed by atoms with Crippen LogP contribution in [-0.4, -0.2) is 24.0 Å². The molecule has 2 fully saturated rings. The molecule has 1 saturated heterocycles. The highest BCUT2D eigenvalue weighted by Gasteiger charge is 2.39. The topological polar surface area (TPSA) is 27.0 Å². The van der Waals surface area contributed by atoms with E-state index in [0.29, 0.717) is 11.5 Å². The van der Waals surface area contributed by atoms with Gasteiger partial charge in [-0.2, -0.15) is 5.26 Å². The molecule has 1 saturated carbocycles. The summed E-state index contributed by atoms with van der Waals surface area (Å²) in [6.07, 6.45) is 11.7. The first-order valence-electron chi connectivity index (χ1n) is 9.22. The van der Waals surface area contributed by atoms with Crippen molar-refractivity contribution in [2.24, 2.45) is 17.3 Å². The van der Waals surface area contributed by atoms with E-state index in [9.17, 15) is 5.26 Å². The van der Waals surface area contributed by atoms with Crippen LogP contribution in [0.4, 0.5) is 0 Å². The molecular weight excluding hydrogens is 256 g/mol. The monoisotopic (exact) mass is 290 g/mol. The number of nitrogens with zero attached hydrogens (tertiary/aromatic N) is 2. The summed E-state index contributed by atoms with van der Waals surface area (Å²) in [5.41, 5.74) is 0.432. The number of hydrogen-bond donors (Lipinski definition) is 0. The lowest BCUT2D eigenvalue weighted by atomic mass is 9.66. The van der Waals surface area contributed by atoms with E-state index < -0.39 is 0 Å². The van der Waals surface area contributed by atoms with Crippen molar-refractivity contribution >= 4 is 0 Å². The normalized spacial score (nSPS) is 33.0. The first-order valence-corrected chi connectivity index (χ1v) is 9.22. The van der Waals surface area contributed by atoms with Crippen molar-refractivity contribution in [1.29, 1.82) is 5.26 Å². The predicted molar refractivity (Wildman–Crippen MR) is 89.0 cm³/mol. The van der Waals surface area contributed by atoms with Crippen molar-refractivity contribution in [1.82, 2.24) is 4.90 Å². The van der Waals surface area contributed by atoms with Crippen molar-refractivity contribution < 1.29 is 0 Å². The van der Waals surface area contributed by atoms with Gasteiger partial charge in [0.05, 0.1) is 12.0 Å². The Morgan fingerprint density at radius 1 is 1.05 bits per heavy atom. The first-order chi connectivity index (χ1) is 10.1. The third-order valence-corrected chi connectivity index (χ3v) is 6.36. The summed E-state index contributed by atoms with van der Waals surface area (Å²) >= 11 is 0. The Balaban J connectivity index is 2.07. The summed E-state index contributed by atoms with van der Waals surface area (Å²) in [6, 6.07) is 3.16. The second-order valence-corrected chi connectivity index (χ2v) is 7.96. The minimum absolute atomic E-state index is 0.272. The van der Waals surface area contributed by atoms with Gasteiger partial charge in [-0.1, -0.05) is 46.5 Å². The van der Waals surface area contributed by atoms with Gasteiger partial charge in [-0.3, -0.25) is 4.90 Å². The number of rotatable bonds is 3. The van der Waals surface area contributed by atoms with Crippen LogP contribution in [-0.2, 0) is 0 Å². The predicted octanol–water partition coefficient (Wildman–Crippen LogP) is 5.00. The highest BCUT2D eigenvalue weighted by Crippen LogP contribution is 2.43. The lowest BCUT2D eigenvalue weighted by Gasteiger charge is -2.45. The molecule has 1 heterocycles. The summed E-state index contributed by atoms with van der Waals surface area (Å²) in [6.45, 7) is 9.62. The van der Waals surface area contributed by atoms with E-state index in [-0.39, 0.29) is 5.92 Å². The molecule has 0 radical (unpaired) electrons. The second kappa shape index (κ2) is 7.63. The Kier molecular flexibility index (Phi) is 6.11. The average Bonchev–Trinajstić information content (AvgIpc) is 2.46. The van der Waals surface area contributed by atoms with E-state index >= 15 is 0 Å². The zero-order chi connectivity index (χ0) is 15.3. The summed E-state index contributed by atoms with van der Waals surface area (Å²) in [7, 11) is 0. The third kappa shape index (κ3) is 4.22. The molecule has 120 valence electrons. The molecule has 0 aromatic carbocycles. The van der Waals surface area contributed by atoms with Gasteiger partial charge in [-0.05, 0) is 56.5 Å². The Labute approximate surface area is 131 Å². The largest absolute Gasteiger partial charge is 0.299 e. The van der Waals surface area contributed by atoms with E-state index in [4.69, 9.17) is 0 Å². The Hall–Kier alpha value is -0.550. The molecule has 0 spiro atoms. The van der Waals surface area contributed by atoms with Crippen LogP contribution in [0.3, 0.4) is 0 Å². The van der Waals surface area contributed by atoms with Gasteiger partial charge in [0.2, 0.25) is 0 Å². The summed E-state index contributed by atoms with van der Waals surface area (Å²) in [4.78, 5) is 2.69. The number of likely N-dealkylation sites (tertiary alicyclic amines) is 1. The maximum Gasteiger partial charge on any atom is 0.0672 e. The summed E-state index contributed by atoms with van der Waals surface area (Å²) in [5, 5.41) is 9.59. The zero-order valence-corrected chi connectivity index (χ0v) is 14.4. The fourth-order valence-corrected chi connectivity index (χ4v) is 4.30. The van der Waals surface area contributed by atoms with Crippen LogP contribution in [0.15, 0.2) is 0 Å². The van der Waals surface area contributed by atoms with Crippen LogP contribution < -0.4 is 0 Å². The van der Waals surface area contributed by atoms with Crippen molar-refractivity contribution in [2.45, 2.75) is 84.6 Å². The lowest BCUT2D eigenvalue weighted by molar-refractivity contribution is 0.0474. The van der Waals surface area contributed by atoms with Crippen molar-refractivity contribution in [3.8, 4) is 6.07 Å². The van der Waals surface area contributed by atoms with E-state index in [1.54, 1.807) is 0 Å². The molecular formula is C19H34N2. The van der Waals surface area contributed by atoms with Crippen molar-refractivity contribution in [2.75, 3.05) is 13.1 Å². The van der Waals surface area contributed by atoms with Gasteiger partial charge in [0, 0.05) is 6.04 Å². The molecule has 3 unspecified atom stereocenters. The van der Waals surface area contributed by atoms with Gasteiger partial charge in [-0.15, -0.1) is 0 Å². The molecule has 21 heavy (non-hydrogen) atoms. The molecule has 0 N–H and O–H groups in total. The minimum atomic E-state index is 0.272. The number of hydrogen-bond acceptors (Lipinski definition) is 2. The average molecular weight is 290 g/mol. The van der Waals surface area contributed by atoms with Gasteiger partial charge in [0.25, 0.3) is 0 Å². The molecule has 1 aliphatic heterocycles. The molecule has 0 aromatic heterocycles. The third-order valence-electron chi connectivity index (χ3n) is 6.36. The number of nitriles is 1. The zero-order valence-electron chi connectivity index (χ0n) is 14.4. The Morgan fingerprint density at radius 3 is 2.24 bits per heavy atom. The van der Waals surface area contributed by atoms with Crippen LogP contribution in [0.1, 0.15) is 78.6 Å². The molecule has 2 nitrogen and oxygen atoms in total. The molecule has 1 aliphatic carbocycles. The Bertz CT molecular complexity index is 347. The fourth-order valence-electron chi connectivity index (χ4n) is 4.30. The van der Waals surface area contributed by atoms with E-state index in [1.807, 2.05) is 0 Å². The molecule has 2 heteroatoms. The van der Waals surface area contributed by atoms with Gasteiger partial charge in [0.1, 0.15) is 0 Å². The van der Waals surface area contributed by atoms with Crippen molar-refractivity contribution in [3.63, 3.8) is 0 Å². The lowest BCUT2D eigenvalue weighted by Crippen LogP contribution is -2.47. The first kappa shape index (κ1) is 16.8. The van der Waals surface area contributed by atoms with Gasteiger partial charge in [0.15, 0.2) is 0 Å². The maximum absolute atomic E-state index is 9.59. The van der Waals surface area contributed by atoms with Gasteiger partial charge < -0.3 is 0 Å². The summed E-state index contributed by atoms with van der Waals surface area (Å²) < 4.78 is 0. The highest BCUT2D eigenvalue weighted by atomic mass is 15.2. The van der Waals surface area contributed by atoms with E-state index in [2.05, 4.69) is 31.7 Å². The molecule has 3 atom stereocenters. The van der Waals surface area contributed by atoms with E-state index in [0.717, 1.165) is 12.3 Å². The van der Waals surface area contributed by atoms with Gasteiger partial charge >= 0.3 is 0 Å². The highest BCUT2D eigenvalue weighted by molar-refractivity contribution is 5.00. The molecule has 2 aliphatic rings. The molecule has 0 bridgehead atoms. The maximum atomic E-state index is 9.59. The van der Waals surface area contributed by atoms with E-state index in [1.165, 1.54) is 64.5 Å². The van der Waals surface area contributed by atoms with Crippen LogP contribution in [0.5, 0.6) is 0 Å². The Morgan fingerprint density at radius 2 is 1.67 bits per heavy atom. The summed E-state index contributed by atoms with van der Waals surface area (Å²) in [5.74, 6) is 1.07. The SMILES string of the molecule is CCC(C)(C)C1CCC(C#N)C(N2CCCCCCC2)C1. The van der Waals surface area contributed by atoms with Crippen LogP contribution in [0.25, 0.3) is 0 Å². The van der Waals surface area contributed by atoms with Crippen LogP contribution in [0.2, 0.25) is 0 Å². The van der Waals surface area contributed by atoms with Crippen LogP contribution in [0, 0.1) is 28.6 Å². The van der Waals surface area contributed by atoms with Gasteiger partial charge in [-0.25, -0.2) is 0 Å². The quantitative estimate of drug-likeness (QED) is 0.731. The van der Waals surface area contributed by atoms with Crippen LogP contribution >= 0.6 is 0 Å².